The fraction of sp³-hybridized carbons (Fsp3) is 0.300. The van der Waals surface area contributed by atoms with Gasteiger partial charge in [0, 0.05) is 19.8 Å². The Bertz CT molecular complexity index is 413. The minimum Gasteiger partial charge on any atom is -0.378 e. The Morgan fingerprint density at radius 1 is 1.31 bits per heavy atom. The van der Waals surface area contributed by atoms with Crippen LogP contribution in [0.3, 0.4) is 0 Å². The first-order valence-electron chi connectivity index (χ1n) is 4.42. The number of carbonyl (C=O) groups is 1. The number of rotatable bonds is 2. The molecule has 0 aliphatic heterocycles. The molecule has 0 aliphatic carbocycles. The van der Waals surface area contributed by atoms with Crippen LogP contribution in [0.1, 0.15) is 15.9 Å². The molecule has 0 bridgehead atoms. The maximum absolute atomic E-state index is 12.6. The van der Waals surface area contributed by atoms with Crippen molar-refractivity contribution in [2.75, 3.05) is 19.0 Å². The fourth-order valence-corrected chi connectivity index (χ4v) is 1.26. The summed E-state index contributed by atoms with van der Waals surface area (Å²) in [6.07, 6.45) is -4.59. The third-order valence-electron chi connectivity index (χ3n) is 2.09. The molecule has 16 heavy (non-hydrogen) atoms. The van der Waals surface area contributed by atoms with Gasteiger partial charge in [-0.1, -0.05) is 0 Å². The van der Waals surface area contributed by atoms with Crippen LogP contribution in [0.25, 0.3) is 0 Å². The minimum absolute atomic E-state index is 0.359. The van der Waals surface area contributed by atoms with Gasteiger partial charge >= 0.3 is 6.18 Å². The lowest BCUT2D eigenvalue weighted by molar-refractivity contribution is -0.137. The molecule has 0 saturated carbocycles. The summed E-state index contributed by atoms with van der Waals surface area (Å²) in [6, 6.07) is 3.40. The first kappa shape index (κ1) is 12.4. The van der Waals surface area contributed by atoms with Gasteiger partial charge in [0.2, 0.25) is 5.91 Å². The van der Waals surface area contributed by atoms with Crippen LogP contribution in [0.4, 0.5) is 18.9 Å². The Balaban J connectivity index is 3.39. The molecule has 1 amide bonds. The van der Waals surface area contributed by atoms with Crippen LogP contribution in [0.5, 0.6) is 0 Å². The number of primary amides is 1. The molecule has 3 nitrogen and oxygen atoms in total. The van der Waals surface area contributed by atoms with Gasteiger partial charge in [-0.2, -0.15) is 13.2 Å². The van der Waals surface area contributed by atoms with Crippen molar-refractivity contribution < 1.29 is 18.0 Å². The third kappa shape index (κ3) is 2.44. The molecular formula is C10H11F3N2O. The zero-order chi connectivity index (χ0) is 12.5. The Hall–Kier alpha value is -1.72. The molecule has 0 fully saturated rings. The van der Waals surface area contributed by atoms with Crippen molar-refractivity contribution in [1.82, 2.24) is 0 Å². The van der Waals surface area contributed by atoms with Crippen LogP contribution in [0.15, 0.2) is 18.2 Å². The zero-order valence-electron chi connectivity index (χ0n) is 8.80. The summed E-state index contributed by atoms with van der Waals surface area (Å²) in [7, 11) is 3.22. The van der Waals surface area contributed by atoms with Gasteiger partial charge in [0.25, 0.3) is 0 Å². The Kier molecular flexibility index (Phi) is 3.11. The molecule has 2 N–H and O–H groups in total. The Morgan fingerprint density at radius 2 is 1.88 bits per heavy atom. The second-order valence-electron chi connectivity index (χ2n) is 3.49. The largest absolute Gasteiger partial charge is 0.417 e. The van der Waals surface area contributed by atoms with E-state index in [1.807, 2.05) is 0 Å². The lowest BCUT2D eigenvalue weighted by Gasteiger charge is -2.17. The topological polar surface area (TPSA) is 46.3 Å². The summed E-state index contributed by atoms with van der Waals surface area (Å²) < 4.78 is 37.9. The van der Waals surface area contributed by atoms with Gasteiger partial charge in [-0.15, -0.1) is 0 Å². The molecule has 1 aromatic carbocycles. The number of nitrogens with zero attached hydrogens (tertiary/aromatic N) is 1. The van der Waals surface area contributed by atoms with Gasteiger partial charge in [-0.25, -0.2) is 0 Å². The monoisotopic (exact) mass is 232 g/mol. The highest BCUT2D eigenvalue weighted by Gasteiger charge is 2.35. The van der Waals surface area contributed by atoms with E-state index in [9.17, 15) is 18.0 Å². The van der Waals surface area contributed by atoms with E-state index in [0.29, 0.717) is 5.69 Å². The van der Waals surface area contributed by atoms with E-state index in [1.54, 1.807) is 14.1 Å². The molecule has 0 saturated heterocycles. The smallest absolute Gasteiger partial charge is 0.378 e. The van der Waals surface area contributed by atoms with Crippen LogP contribution in [0.2, 0.25) is 0 Å². The molecular weight excluding hydrogens is 221 g/mol. The zero-order valence-corrected chi connectivity index (χ0v) is 8.80. The van der Waals surface area contributed by atoms with Crippen molar-refractivity contribution in [3.63, 3.8) is 0 Å². The van der Waals surface area contributed by atoms with E-state index < -0.39 is 23.2 Å². The van der Waals surface area contributed by atoms with E-state index in [2.05, 4.69) is 0 Å². The number of benzene rings is 1. The van der Waals surface area contributed by atoms with Crippen molar-refractivity contribution in [2.24, 2.45) is 5.73 Å². The van der Waals surface area contributed by atoms with Crippen LogP contribution in [-0.2, 0) is 6.18 Å². The number of alkyl halides is 3. The molecule has 1 aromatic rings. The summed E-state index contributed by atoms with van der Waals surface area (Å²) >= 11 is 0. The standard InChI is InChI=1S/C10H11F3N2O/c1-15(2)6-3-4-7(9(14)16)8(5-6)10(11,12)13/h3-5H,1-2H3,(H2,14,16). The third-order valence-corrected chi connectivity index (χ3v) is 2.09. The Labute approximate surface area is 90.6 Å². The molecule has 0 radical (unpaired) electrons. The summed E-state index contributed by atoms with van der Waals surface area (Å²) in [5, 5.41) is 0. The average Bonchev–Trinajstić information content (AvgIpc) is 2.15. The van der Waals surface area contributed by atoms with Crippen molar-refractivity contribution in [2.45, 2.75) is 6.18 Å². The van der Waals surface area contributed by atoms with Gasteiger partial charge in [-0.3, -0.25) is 4.79 Å². The van der Waals surface area contributed by atoms with Crippen molar-refractivity contribution in [1.29, 1.82) is 0 Å². The van der Waals surface area contributed by atoms with Gasteiger partial charge in [0.1, 0.15) is 0 Å². The maximum Gasteiger partial charge on any atom is 0.417 e. The number of amides is 1. The molecule has 6 heteroatoms. The highest BCUT2D eigenvalue weighted by atomic mass is 19.4. The number of carbonyl (C=O) groups excluding carboxylic acids is 1. The summed E-state index contributed by atoms with van der Waals surface area (Å²) in [6.45, 7) is 0. The molecule has 0 aliphatic rings. The van der Waals surface area contributed by atoms with E-state index in [1.165, 1.54) is 11.0 Å². The Morgan fingerprint density at radius 3 is 2.25 bits per heavy atom. The first-order valence-corrected chi connectivity index (χ1v) is 4.42. The first-order chi connectivity index (χ1) is 7.23. The number of anilines is 1. The number of hydrogen-bond acceptors (Lipinski definition) is 2. The lowest BCUT2D eigenvalue weighted by Crippen LogP contribution is -2.20. The second-order valence-corrected chi connectivity index (χ2v) is 3.49. The molecule has 0 unspecified atom stereocenters. The number of nitrogens with two attached hydrogens (primary N) is 1. The van der Waals surface area contributed by atoms with Gasteiger partial charge < -0.3 is 10.6 Å². The quantitative estimate of drug-likeness (QED) is 0.846. The lowest BCUT2D eigenvalue weighted by atomic mass is 10.1. The fourth-order valence-electron chi connectivity index (χ4n) is 1.26. The average molecular weight is 232 g/mol. The van der Waals surface area contributed by atoms with Gasteiger partial charge in [0.15, 0.2) is 0 Å². The highest BCUT2D eigenvalue weighted by molar-refractivity contribution is 5.95. The van der Waals surface area contributed by atoms with Crippen molar-refractivity contribution >= 4 is 11.6 Å². The van der Waals surface area contributed by atoms with Gasteiger partial charge in [-0.05, 0) is 18.2 Å². The van der Waals surface area contributed by atoms with Crippen LogP contribution in [-0.4, -0.2) is 20.0 Å². The molecule has 0 heterocycles. The highest BCUT2D eigenvalue weighted by Crippen LogP contribution is 2.34. The normalized spacial score (nSPS) is 11.3. The van der Waals surface area contributed by atoms with E-state index >= 15 is 0 Å². The van der Waals surface area contributed by atoms with Crippen molar-refractivity contribution in [3.05, 3.63) is 29.3 Å². The minimum atomic E-state index is -4.59. The summed E-state index contributed by atoms with van der Waals surface area (Å²) in [4.78, 5) is 12.4. The van der Waals surface area contributed by atoms with Crippen LogP contribution in [0, 0.1) is 0 Å². The maximum atomic E-state index is 12.6. The van der Waals surface area contributed by atoms with E-state index in [0.717, 1.165) is 12.1 Å². The second kappa shape index (κ2) is 4.03. The predicted octanol–water partition coefficient (Wildman–Crippen LogP) is 1.87. The van der Waals surface area contributed by atoms with Crippen molar-refractivity contribution in [3.8, 4) is 0 Å². The predicted molar refractivity (Wildman–Crippen MR) is 54.3 cm³/mol. The molecule has 88 valence electrons. The molecule has 1 rings (SSSR count). The van der Waals surface area contributed by atoms with Crippen LogP contribution >= 0.6 is 0 Å². The molecule has 0 atom stereocenters. The molecule has 0 aromatic heterocycles. The van der Waals surface area contributed by atoms with Gasteiger partial charge in [0.05, 0.1) is 11.1 Å². The number of hydrogen-bond donors (Lipinski definition) is 1. The number of halogens is 3. The molecule has 0 spiro atoms. The summed E-state index contributed by atoms with van der Waals surface area (Å²) in [5.41, 5.74) is 3.72. The van der Waals surface area contributed by atoms with E-state index in [4.69, 9.17) is 5.73 Å². The van der Waals surface area contributed by atoms with E-state index in [-0.39, 0.29) is 0 Å². The summed E-state index contributed by atoms with van der Waals surface area (Å²) in [5.74, 6) is -1.09. The SMILES string of the molecule is CN(C)c1ccc(C(N)=O)c(C(F)(F)F)c1. The van der Waals surface area contributed by atoms with Crippen LogP contribution < -0.4 is 10.6 Å².